The third-order valence-electron chi connectivity index (χ3n) is 7.99. The lowest BCUT2D eigenvalue weighted by molar-refractivity contribution is -0.903. The zero-order valence-electron chi connectivity index (χ0n) is 26.6. The summed E-state index contributed by atoms with van der Waals surface area (Å²) in [6.07, 6.45) is -4.12. The zero-order valence-corrected chi connectivity index (χ0v) is 26.6. The number of aromatic nitrogens is 3. The van der Waals surface area contributed by atoms with Crippen molar-refractivity contribution in [2.75, 3.05) is 32.6 Å². The molecule has 1 aromatic heterocycles. The highest BCUT2D eigenvalue weighted by Crippen LogP contribution is 2.43. The van der Waals surface area contributed by atoms with Crippen LogP contribution in [-0.2, 0) is 33.5 Å². The number of benzene rings is 3. The number of nitriles is 1. The van der Waals surface area contributed by atoms with Crippen LogP contribution in [0.2, 0.25) is 0 Å². The van der Waals surface area contributed by atoms with Gasteiger partial charge in [0.1, 0.15) is 12.6 Å². The number of anilines is 2. The maximum absolute atomic E-state index is 13.7. The van der Waals surface area contributed by atoms with Crippen molar-refractivity contribution in [2.45, 2.75) is 32.1 Å². The van der Waals surface area contributed by atoms with Gasteiger partial charge in [-0.2, -0.15) is 18.4 Å². The summed E-state index contributed by atoms with van der Waals surface area (Å²) in [4.78, 5) is 36.4. The quantitative estimate of drug-likeness (QED) is 0.170. The van der Waals surface area contributed by atoms with Gasteiger partial charge in [0.15, 0.2) is 0 Å². The van der Waals surface area contributed by atoms with Gasteiger partial charge in [-0.3, -0.25) is 4.90 Å². The minimum Gasteiger partial charge on any atom is -0.554 e. The number of halogens is 3. The second-order valence-electron chi connectivity index (χ2n) is 11.7. The minimum atomic E-state index is -4.62. The molecule has 14 heteroatoms. The molecule has 0 radical (unpaired) electrons. The van der Waals surface area contributed by atoms with Gasteiger partial charge in [-0.25, -0.2) is 19.3 Å². The largest absolute Gasteiger partial charge is 0.554 e. The van der Waals surface area contributed by atoms with Gasteiger partial charge in [0.25, 0.3) is 0 Å². The van der Waals surface area contributed by atoms with E-state index in [0.29, 0.717) is 28.6 Å². The van der Waals surface area contributed by atoms with Crippen molar-refractivity contribution in [1.82, 2.24) is 14.8 Å². The number of hydrogen-bond donors (Lipinski definition) is 1. The number of quaternary nitrogens is 1. The number of aromatic amines is 1. The molecule has 0 spiro atoms. The first kappa shape index (κ1) is 35.2. The standard InChI is InChI=1S/C33H31F3N6O3.CH2O2/c1-21-28(30(43)45-4)29(41-31(38-39-32(41)44)40(21)26-12-8-11-25(18-26)33(34,35)36)27-14-13-23(19-37)17-24(27)15-16-42(2,3)20-22-9-6-5-7-10-22;2-1-3/h5-14,17-18,29H,15-16,20H2,1-4H3;1H,(H,2,3). The minimum absolute atomic E-state index is 0.00461. The first-order valence-electron chi connectivity index (χ1n) is 14.6. The maximum atomic E-state index is 13.7. The lowest BCUT2D eigenvalue weighted by atomic mass is 9.89. The van der Waals surface area contributed by atoms with E-state index in [4.69, 9.17) is 14.6 Å². The van der Waals surface area contributed by atoms with E-state index in [1.54, 1.807) is 25.1 Å². The highest BCUT2D eigenvalue weighted by molar-refractivity contribution is 5.93. The number of carbonyl (C=O) groups excluding carboxylic acids is 2. The van der Waals surface area contributed by atoms with Crippen LogP contribution in [0.4, 0.5) is 24.8 Å². The number of allylic oxidation sites excluding steroid dienone is 1. The van der Waals surface area contributed by atoms with Crippen molar-refractivity contribution in [3.63, 3.8) is 0 Å². The number of hydrogen-bond acceptors (Lipinski definition) is 8. The van der Waals surface area contributed by atoms with Crippen LogP contribution < -0.4 is 15.7 Å². The summed E-state index contributed by atoms with van der Waals surface area (Å²) >= 11 is 0. The fourth-order valence-corrected chi connectivity index (χ4v) is 5.82. The molecule has 3 aromatic carbocycles. The molecule has 1 aliphatic rings. The normalized spacial score (nSPS) is 14.4. The van der Waals surface area contributed by atoms with Crippen LogP contribution in [0.25, 0.3) is 0 Å². The number of rotatable bonds is 8. The molecule has 0 bridgehead atoms. The monoisotopic (exact) mass is 662 g/mol. The van der Waals surface area contributed by atoms with Crippen LogP contribution in [0.5, 0.6) is 0 Å². The summed E-state index contributed by atoms with van der Waals surface area (Å²) in [5, 5.41) is 24.6. The van der Waals surface area contributed by atoms with Crippen molar-refractivity contribution in [3.05, 3.63) is 122 Å². The van der Waals surface area contributed by atoms with Crippen LogP contribution >= 0.6 is 0 Å². The second-order valence-corrected chi connectivity index (χ2v) is 11.7. The first-order valence-corrected chi connectivity index (χ1v) is 14.6. The summed E-state index contributed by atoms with van der Waals surface area (Å²) in [5.41, 5.74) is 1.66. The van der Waals surface area contributed by atoms with Gasteiger partial charge in [-0.05, 0) is 48.4 Å². The number of nitrogens with zero attached hydrogens (tertiary/aromatic N) is 5. The van der Waals surface area contributed by atoms with Crippen LogP contribution in [0.3, 0.4) is 0 Å². The summed E-state index contributed by atoms with van der Waals surface area (Å²) in [5.74, 6) is -0.756. The van der Waals surface area contributed by atoms with Gasteiger partial charge in [-0.15, -0.1) is 5.10 Å². The predicted octanol–water partition coefficient (Wildman–Crippen LogP) is 3.84. The van der Waals surface area contributed by atoms with Gasteiger partial charge in [0, 0.05) is 29.8 Å². The molecule has 11 nitrogen and oxygen atoms in total. The molecule has 2 heterocycles. The topological polar surface area (TPSA) is 144 Å². The van der Waals surface area contributed by atoms with E-state index in [-0.39, 0.29) is 22.9 Å². The van der Waals surface area contributed by atoms with Crippen molar-refractivity contribution in [3.8, 4) is 6.07 Å². The molecule has 0 amide bonds. The second kappa shape index (κ2) is 14.4. The third kappa shape index (κ3) is 7.48. The number of H-pyrrole nitrogens is 1. The lowest BCUT2D eigenvalue weighted by Gasteiger charge is -2.36. The van der Waals surface area contributed by atoms with E-state index in [0.717, 1.165) is 29.8 Å². The molecule has 0 saturated carbocycles. The highest BCUT2D eigenvalue weighted by Gasteiger charge is 2.41. The average Bonchev–Trinajstić information content (AvgIpc) is 3.43. The average molecular weight is 663 g/mol. The zero-order chi connectivity index (χ0) is 35.2. The fourth-order valence-electron chi connectivity index (χ4n) is 5.82. The third-order valence-corrected chi connectivity index (χ3v) is 7.99. The fraction of sp³-hybridized carbons (Fsp3) is 0.265. The first-order chi connectivity index (χ1) is 22.8. The molecular formula is C34H33F3N6O5. The van der Waals surface area contributed by atoms with Gasteiger partial charge in [0.05, 0.1) is 50.5 Å². The molecule has 48 heavy (non-hydrogen) atoms. The molecule has 4 aromatic rings. The number of carboxylic acid groups (broad SMARTS) is 1. The van der Waals surface area contributed by atoms with Crippen LogP contribution in [-0.4, -0.2) is 59.4 Å². The molecule has 0 aliphatic carbocycles. The number of carbonyl (C=O) groups is 2. The number of nitrogens with one attached hydrogen (secondary N) is 1. The van der Waals surface area contributed by atoms with Gasteiger partial charge < -0.3 is 19.1 Å². The molecule has 1 unspecified atom stereocenters. The number of methoxy groups -OCH3 is 1. The van der Waals surface area contributed by atoms with Crippen molar-refractivity contribution in [2.24, 2.45) is 0 Å². The van der Waals surface area contributed by atoms with Crippen LogP contribution in [0, 0.1) is 11.3 Å². The Bertz CT molecular complexity index is 1930. The number of ether oxygens (including phenoxy) is 1. The Morgan fingerprint density at radius 2 is 1.81 bits per heavy atom. The predicted molar refractivity (Wildman–Crippen MR) is 167 cm³/mol. The maximum Gasteiger partial charge on any atom is 0.416 e. The van der Waals surface area contributed by atoms with E-state index < -0.39 is 35.9 Å². The van der Waals surface area contributed by atoms with Crippen molar-refractivity contribution >= 4 is 24.1 Å². The Balaban J connectivity index is 0.00000167. The lowest BCUT2D eigenvalue weighted by Crippen LogP contribution is -2.41. The van der Waals surface area contributed by atoms with E-state index in [1.807, 2.05) is 18.2 Å². The Labute approximate surface area is 274 Å². The van der Waals surface area contributed by atoms with E-state index in [9.17, 15) is 28.0 Å². The Hall–Kier alpha value is -5.68. The molecule has 5 rings (SSSR count). The van der Waals surface area contributed by atoms with Crippen LogP contribution in [0.1, 0.15) is 40.8 Å². The number of fused-ring (bicyclic) bond motifs is 1. The SMILES string of the molecule is COC(=O)C1=C(C)N(c2cccc(C(F)(F)F)c2)c2n[nH]c(=O)n2C1c1ccc(C#N)cc1CC[N+](C)(C)Cc1ccccc1.O=C[O-]. The van der Waals surface area contributed by atoms with Crippen LogP contribution in [0.15, 0.2) is 88.9 Å². The number of esters is 1. The Morgan fingerprint density at radius 1 is 1.12 bits per heavy atom. The number of likely N-dealkylation sites (N-methyl/N-ethyl adjacent to an activating group) is 1. The smallest absolute Gasteiger partial charge is 0.416 e. The molecule has 0 fully saturated rings. The van der Waals surface area contributed by atoms with Crippen molar-refractivity contribution in [1.29, 1.82) is 5.26 Å². The summed E-state index contributed by atoms with van der Waals surface area (Å²) in [6.45, 7) is 2.48. The number of alkyl halides is 3. The molecule has 250 valence electrons. The molecule has 1 atom stereocenters. The van der Waals surface area contributed by atoms with E-state index in [2.05, 4.69) is 42.5 Å². The summed E-state index contributed by atoms with van der Waals surface area (Å²) < 4.78 is 48.0. The highest BCUT2D eigenvalue weighted by atomic mass is 19.4. The molecule has 1 aliphatic heterocycles. The van der Waals surface area contributed by atoms with E-state index in [1.165, 1.54) is 28.7 Å². The van der Waals surface area contributed by atoms with Gasteiger partial charge in [0.2, 0.25) is 5.95 Å². The summed E-state index contributed by atoms with van der Waals surface area (Å²) in [6, 6.07) is 20.8. The van der Waals surface area contributed by atoms with Gasteiger partial charge in [-0.1, -0.05) is 42.5 Å². The molecule has 1 N–H and O–H groups in total. The Kier molecular flexibility index (Phi) is 10.5. The molecule has 0 saturated heterocycles. The summed E-state index contributed by atoms with van der Waals surface area (Å²) in [7, 11) is 5.39. The van der Waals surface area contributed by atoms with E-state index >= 15 is 0 Å². The molecular weight excluding hydrogens is 629 g/mol. The van der Waals surface area contributed by atoms with Gasteiger partial charge >= 0.3 is 17.8 Å². The Morgan fingerprint density at radius 3 is 2.44 bits per heavy atom. The van der Waals surface area contributed by atoms with Crippen molar-refractivity contribution < 1.29 is 37.1 Å².